The Balaban J connectivity index is 2.81. The third kappa shape index (κ3) is 14.2. The molecule has 0 saturated heterocycles. The van der Waals surface area contributed by atoms with Gasteiger partial charge in [-0.1, -0.05) is 13.3 Å². The number of hydrogen-bond acceptors (Lipinski definition) is 4. The minimum atomic E-state index is 0.719. The van der Waals surface area contributed by atoms with Crippen molar-refractivity contribution in [1.29, 1.82) is 0 Å². The van der Waals surface area contributed by atoms with Gasteiger partial charge in [0.05, 0.1) is 13.2 Å². The standard InChI is InChI=1S/C11H25NO2S/c1-2-3-7-13-9-10-14-8-4-5-12-6-11-15/h12,15H,2-11H2,1H3. The van der Waals surface area contributed by atoms with Gasteiger partial charge >= 0.3 is 0 Å². The highest BCUT2D eigenvalue weighted by Gasteiger charge is 1.90. The molecule has 1 N–H and O–H groups in total. The number of nitrogens with one attached hydrogen (secondary N) is 1. The van der Waals surface area contributed by atoms with E-state index in [4.69, 9.17) is 9.47 Å². The fourth-order valence-electron chi connectivity index (χ4n) is 1.07. The molecule has 0 saturated carbocycles. The van der Waals surface area contributed by atoms with E-state index in [9.17, 15) is 0 Å². The van der Waals surface area contributed by atoms with E-state index in [0.717, 1.165) is 58.1 Å². The normalized spacial score (nSPS) is 10.8. The largest absolute Gasteiger partial charge is 0.379 e. The molecule has 0 radical (unpaired) electrons. The van der Waals surface area contributed by atoms with Gasteiger partial charge in [-0.3, -0.25) is 0 Å². The molecule has 0 aliphatic heterocycles. The minimum Gasteiger partial charge on any atom is -0.379 e. The molecular weight excluding hydrogens is 210 g/mol. The summed E-state index contributed by atoms with van der Waals surface area (Å²) in [7, 11) is 0. The van der Waals surface area contributed by atoms with E-state index in [1.807, 2.05) is 0 Å². The lowest BCUT2D eigenvalue weighted by molar-refractivity contribution is 0.0460. The van der Waals surface area contributed by atoms with Crippen LogP contribution in [0.1, 0.15) is 26.2 Å². The van der Waals surface area contributed by atoms with Crippen molar-refractivity contribution in [2.75, 3.05) is 45.3 Å². The summed E-state index contributed by atoms with van der Waals surface area (Å²) in [5.41, 5.74) is 0. The van der Waals surface area contributed by atoms with Crippen molar-refractivity contribution in [2.45, 2.75) is 26.2 Å². The smallest absolute Gasteiger partial charge is 0.0700 e. The maximum atomic E-state index is 5.41. The Morgan fingerprint density at radius 3 is 2.20 bits per heavy atom. The number of thiol groups is 1. The summed E-state index contributed by atoms with van der Waals surface area (Å²) in [6, 6.07) is 0. The van der Waals surface area contributed by atoms with Crippen LogP contribution in [0.25, 0.3) is 0 Å². The monoisotopic (exact) mass is 235 g/mol. The first-order valence-corrected chi connectivity index (χ1v) is 6.52. The molecule has 0 bridgehead atoms. The van der Waals surface area contributed by atoms with Crippen molar-refractivity contribution >= 4 is 12.6 Å². The molecule has 0 amide bonds. The van der Waals surface area contributed by atoms with E-state index in [2.05, 4.69) is 24.9 Å². The SMILES string of the molecule is CCCCOCCOCCCNCCS. The molecule has 0 atom stereocenters. The van der Waals surface area contributed by atoms with Gasteiger partial charge in [-0.2, -0.15) is 12.6 Å². The summed E-state index contributed by atoms with van der Waals surface area (Å²) in [4.78, 5) is 0. The van der Waals surface area contributed by atoms with Crippen LogP contribution in [0.15, 0.2) is 0 Å². The molecule has 0 aliphatic carbocycles. The van der Waals surface area contributed by atoms with Crippen molar-refractivity contribution in [3.8, 4) is 0 Å². The van der Waals surface area contributed by atoms with Crippen molar-refractivity contribution in [1.82, 2.24) is 5.32 Å². The summed E-state index contributed by atoms with van der Waals surface area (Å²) in [5, 5.41) is 3.27. The number of hydrogen-bond donors (Lipinski definition) is 2. The van der Waals surface area contributed by atoms with Crippen LogP contribution in [-0.2, 0) is 9.47 Å². The van der Waals surface area contributed by atoms with E-state index in [1.165, 1.54) is 6.42 Å². The molecule has 0 spiro atoms. The average molecular weight is 235 g/mol. The van der Waals surface area contributed by atoms with Crippen LogP contribution in [0, 0.1) is 0 Å². The molecule has 3 nitrogen and oxygen atoms in total. The molecule has 0 rings (SSSR count). The van der Waals surface area contributed by atoms with Crippen LogP contribution in [0.4, 0.5) is 0 Å². The Kier molecular flexibility index (Phi) is 14.4. The van der Waals surface area contributed by atoms with Gasteiger partial charge in [0.25, 0.3) is 0 Å². The van der Waals surface area contributed by atoms with Crippen LogP contribution >= 0.6 is 12.6 Å². The Labute approximate surface area is 99.3 Å². The Morgan fingerprint density at radius 2 is 1.60 bits per heavy atom. The molecule has 15 heavy (non-hydrogen) atoms. The Morgan fingerprint density at radius 1 is 0.933 bits per heavy atom. The highest BCUT2D eigenvalue weighted by molar-refractivity contribution is 7.80. The summed E-state index contributed by atoms with van der Waals surface area (Å²) in [5.74, 6) is 0.895. The van der Waals surface area contributed by atoms with Gasteiger partial charge in [-0.25, -0.2) is 0 Å². The van der Waals surface area contributed by atoms with E-state index >= 15 is 0 Å². The van der Waals surface area contributed by atoms with Crippen molar-refractivity contribution in [3.05, 3.63) is 0 Å². The topological polar surface area (TPSA) is 30.5 Å². The van der Waals surface area contributed by atoms with Crippen LogP contribution in [0.5, 0.6) is 0 Å². The molecule has 0 aromatic carbocycles. The molecule has 0 unspecified atom stereocenters. The van der Waals surface area contributed by atoms with Crippen LogP contribution in [-0.4, -0.2) is 45.3 Å². The maximum absolute atomic E-state index is 5.41. The fraction of sp³-hybridized carbons (Fsp3) is 1.00. The van der Waals surface area contributed by atoms with E-state index in [1.54, 1.807) is 0 Å². The number of rotatable bonds is 12. The predicted molar refractivity (Wildman–Crippen MR) is 67.9 cm³/mol. The lowest BCUT2D eigenvalue weighted by atomic mass is 10.4. The summed E-state index contributed by atoms with van der Waals surface area (Å²) in [6.45, 7) is 7.28. The second kappa shape index (κ2) is 14.2. The van der Waals surface area contributed by atoms with E-state index in [0.29, 0.717) is 0 Å². The van der Waals surface area contributed by atoms with Gasteiger partial charge in [0, 0.05) is 25.5 Å². The molecule has 92 valence electrons. The summed E-state index contributed by atoms with van der Waals surface area (Å²) < 4.78 is 10.8. The minimum absolute atomic E-state index is 0.719. The molecule has 0 aliphatic rings. The molecule has 0 fully saturated rings. The van der Waals surface area contributed by atoms with Gasteiger partial charge in [-0.15, -0.1) is 0 Å². The van der Waals surface area contributed by atoms with Crippen LogP contribution in [0.3, 0.4) is 0 Å². The lowest BCUT2D eigenvalue weighted by Crippen LogP contribution is -2.19. The Hall–Kier alpha value is 0.230. The first kappa shape index (κ1) is 15.2. The zero-order valence-corrected chi connectivity index (χ0v) is 10.7. The molecule has 4 heteroatoms. The number of ether oxygens (including phenoxy) is 2. The zero-order chi connectivity index (χ0) is 11.2. The Bertz CT molecular complexity index is 103. The van der Waals surface area contributed by atoms with Crippen molar-refractivity contribution < 1.29 is 9.47 Å². The first-order chi connectivity index (χ1) is 7.41. The van der Waals surface area contributed by atoms with Crippen LogP contribution in [0.2, 0.25) is 0 Å². The lowest BCUT2D eigenvalue weighted by Gasteiger charge is -2.05. The quantitative estimate of drug-likeness (QED) is 0.399. The van der Waals surface area contributed by atoms with Crippen molar-refractivity contribution in [2.24, 2.45) is 0 Å². The van der Waals surface area contributed by atoms with Crippen LogP contribution < -0.4 is 5.32 Å². The van der Waals surface area contributed by atoms with Gasteiger partial charge in [0.15, 0.2) is 0 Å². The summed E-state index contributed by atoms with van der Waals surface area (Å²) in [6.07, 6.45) is 3.40. The molecule has 0 heterocycles. The maximum Gasteiger partial charge on any atom is 0.0700 e. The van der Waals surface area contributed by atoms with Gasteiger partial charge in [0.2, 0.25) is 0 Å². The molecule has 0 aromatic rings. The van der Waals surface area contributed by atoms with E-state index < -0.39 is 0 Å². The molecule has 0 aromatic heterocycles. The van der Waals surface area contributed by atoms with Gasteiger partial charge < -0.3 is 14.8 Å². The average Bonchev–Trinajstić information content (AvgIpc) is 2.26. The predicted octanol–water partition coefficient (Wildman–Crippen LogP) is 1.73. The third-order valence-corrected chi connectivity index (χ3v) is 2.17. The zero-order valence-electron chi connectivity index (χ0n) is 9.83. The highest BCUT2D eigenvalue weighted by Crippen LogP contribution is 1.88. The van der Waals surface area contributed by atoms with Gasteiger partial charge in [-0.05, 0) is 19.4 Å². The first-order valence-electron chi connectivity index (χ1n) is 5.89. The van der Waals surface area contributed by atoms with Gasteiger partial charge in [0.1, 0.15) is 0 Å². The highest BCUT2D eigenvalue weighted by atomic mass is 32.1. The second-order valence-electron chi connectivity index (χ2n) is 3.41. The summed E-state index contributed by atoms with van der Waals surface area (Å²) >= 11 is 4.11. The third-order valence-electron chi connectivity index (χ3n) is 1.95. The van der Waals surface area contributed by atoms with Crippen molar-refractivity contribution in [3.63, 3.8) is 0 Å². The number of unbranched alkanes of at least 4 members (excludes halogenated alkanes) is 1. The fourth-order valence-corrected chi connectivity index (χ4v) is 1.23. The second-order valence-corrected chi connectivity index (χ2v) is 3.85. The van der Waals surface area contributed by atoms with E-state index in [-0.39, 0.29) is 0 Å². The molecular formula is C11H25NO2S.